The summed E-state index contributed by atoms with van der Waals surface area (Å²) in [5.41, 5.74) is 4.49. The number of para-hydroxylation sites is 1. The molecule has 7 nitrogen and oxygen atoms in total. The number of carbonyl (C=O) groups is 2. The normalized spacial score (nSPS) is 14.2. The Morgan fingerprint density at radius 1 is 0.972 bits per heavy atom. The number of piperazine rings is 1. The molecule has 7 heteroatoms. The third kappa shape index (κ3) is 5.47. The summed E-state index contributed by atoms with van der Waals surface area (Å²) in [6.07, 6.45) is 4.69. The molecule has 0 atom stereocenters. The molecule has 1 aliphatic heterocycles. The van der Waals surface area contributed by atoms with E-state index in [1.165, 1.54) is 5.56 Å². The molecule has 1 aliphatic rings. The molecule has 2 amide bonds. The van der Waals surface area contributed by atoms with Crippen LogP contribution in [0.2, 0.25) is 0 Å². The fourth-order valence-corrected chi connectivity index (χ4v) is 4.73. The van der Waals surface area contributed by atoms with Crippen LogP contribution in [-0.4, -0.2) is 70.9 Å². The van der Waals surface area contributed by atoms with Gasteiger partial charge >= 0.3 is 0 Å². The number of aromatic nitrogens is 2. The van der Waals surface area contributed by atoms with E-state index in [0.717, 1.165) is 42.7 Å². The lowest BCUT2D eigenvalue weighted by atomic mass is 10.1. The standard InChI is InChI=1S/C29H31N5O2/c1-22-19-23(9-12-30-22)11-14-32-15-17-33(18-16-32)28(35)21-34(26-5-3-2-4-6-26)29(36)25-8-7-24-10-13-31-27(24)20-25/h2-10,12-13,19-20,31H,11,14-18,21H2,1H3. The first-order chi connectivity index (χ1) is 17.6. The molecule has 0 radical (unpaired) electrons. The number of hydrogen-bond acceptors (Lipinski definition) is 4. The highest BCUT2D eigenvalue weighted by atomic mass is 16.2. The van der Waals surface area contributed by atoms with Gasteiger partial charge in [0.15, 0.2) is 0 Å². The maximum atomic E-state index is 13.6. The molecule has 3 heterocycles. The van der Waals surface area contributed by atoms with Crippen molar-refractivity contribution in [1.29, 1.82) is 0 Å². The molecule has 1 fully saturated rings. The van der Waals surface area contributed by atoms with E-state index in [1.54, 1.807) is 4.90 Å². The van der Waals surface area contributed by atoms with E-state index in [2.05, 4.69) is 27.0 Å². The van der Waals surface area contributed by atoms with Crippen LogP contribution in [0.15, 0.2) is 79.1 Å². The van der Waals surface area contributed by atoms with Crippen molar-refractivity contribution < 1.29 is 9.59 Å². The summed E-state index contributed by atoms with van der Waals surface area (Å²) < 4.78 is 0. The van der Waals surface area contributed by atoms with Crippen LogP contribution in [-0.2, 0) is 11.2 Å². The Bertz CT molecular complexity index is 1340. The van der Waals surface area contributed by atoms with Crippen molar-refractivity contribution in [3.63, 3.8) is 0 Å². The van der Waals surface area contributed by atoms with Crippen LogP contribution in [0.4, 0.5) is 5.69 Å². The number of aromatic amines is 1. The van der Waals surface area contributed by atoms with Crippen molar-refractivity contribution in [2.45, 2.75) is 13.3 Å². The second-order valence-electron chi connectivity index (χ2n) is 9.28. The molecule has 0 unspecified atom stereocenters. The first-order valence-electron chi connectivity index (χ1n) is 12.4. The van der Waals surface area contributed by atoms with E-state index in [0.29, 0.717) is 24.3 Å². The van der Waals surface area contributed by atoms with Gasteiger partial charge in [-0.25, -0.2) is 0 Å². The van der Waals surface area contributed by atoms with Crippen LogP contribution in [0.25, 0.3) is 10.9 Å². The summed E-state index contributed by atoms with van der Waals surface area (Å²) >= 11 is 0. The zero-order chi connectivity index (χ0) is 24.9. The van der Waals surface area contributed by atoms with Crippen LogP contribution in [0.1, 0.15) is 21.6 Å². The van der Waals surface area contributed by atoms with E-state index >= 15 is 0 Å². The highest BCUT2D eigenvalue weighted by Gasteiger charge is 2.26. The van der Waals surface area contributed by atoms with Crippen molar-refractivity contribution >= 4 is 28.4 Å². The minimum Gasteiger partial charge on any atom is -0.361 e. The summed E-state index contributed by atoms with van der Waals surface area (Å²) in [7, 11) is 0. The molecule has 1 saturated heterocycles. The summed E-state index contributed by atoms with van der Waals surface area (Å²) in [5, 5.41) is 1.05. The van der Waals surface area contributed by atoms with Crippen LogP contribution in [0.5, 0.6) is 0 Å². The summed E-state index contributed by atoms with van der Waals surface area (Å²) in [6, 6.07) is 21.2. The third-order valence-corrected chi connectivity index (χ3v) is 6.81. The SMILES string of the molecule is Cc1cc(CCN2CCN(C(=O)CN(C(=O)c3ccc4cc[nH]c4c3)c3ccccc3)CC2)ccn1. The van der Waals surface area contributed by atoms with E-state index in [4.69, 9.17) is 0 Å². The molecule has 0 bridgehead atoms. The first kappa shape index (κ1) is 23.8. The van der Waals surface area contributed by atoms with Gasteiger partial charge in [-0.15, -0.1) is 0 Å². The molecule has 0 aliphatic carbocycles. The molecule has 36 heavy (non-hydrogen) atoms. The van der Waals surface area contributed by atoms with Gasteiger partial charge in [0.1, 0.15) is 6.54 Å². The fourth-order valence-electron chi connectivity index (χ4n) is 4.73. The van der Waals surface area contributed by atoms with Gasteiger partial charge in [-0.05, 0) is 66.8 Å². The van der Waals surface area contributed by atoms with Gasteiger partial charge in [0.2, 0.25) is 5.91 Å². The number of nitrogens with one attached hydrogen (secondary N) is 1. The van der Waals surface area contributed by atoms with E-state index in [9.17, 15) is 9.59 Å². The molecule has 4 aromatic rings. The van der Waals surface area contributed by atoms with Crippen LogP contribution in [0, 0.1) is 6.92 Å². The molecule has 2 aromatic carbocycles. The van der Waals surface area contributed by atoms with Crippen molar-refractivity contribution in [2.75, 3.05) is 44.2 Å². The number of H-pyrrole nitrogens is 1. The minimum atomic E-state index is -0.183. The molecule has 184 valence electrons. The van der Waals surface area contributed by atoms with Crippen LogP contribution >= 0.6 is 0 Å². The molecule has 1 N–H and O–H groups in total. The molecule has 0 saturated carbocycles. The lowest BCUT2D eigenvalue weighted by molar-refractivity contribution is -0.131. The molecular formula is C29H31N5O2. The van der Waals surface area contributed by atoms with Gasteiger partial charge in [-0.1, -0.05) is 24.3 Å². The molecule has 2 aromatic heterocycles. The zero-order valence-electron chi connectivity index (χ0n) is 20.6. The van der Waals surface area contributed by atoms with Gasteiger partial charge in [-0.2, -0.15) is 0 Å². The maximum Gasteiger partial charge on any atom is 0.258 e. The number of rotatable bonds is 7. The summed E-state index contributed by atoms with van der Waals surface area (Å²) in [5.74, 6) is -0.213. The largest absolute Gasteiger partial charge is 0.361 e. The van der Waals surface area contributed by atoms with E-state index in [1.807, 2.05) is 78.8 Å². The number of pyridine rings is 1. The predicted molar refractivity (Wildman–Crippen MR) is 142 cm³/mol. The Morgan fingerprint density at radius 3 is 2.56 bits per heavy atom. The summed E-state index contributed by atoms with van der Waals surface area (Å²) in [4.78, 5) is 40.2. The Kier molecular flexibility index (Phi) is 7.09. The topological polar surface area (TPSA) is 72.5 Å². The van der Waals surface area contributed by atoms with E-state index < -0.39 is 0 Å². The molecule has 5 rings (SSSR count). The highest BCUT2D eigenvalue weighted by molar-refractivity contribution is 6.10. The molecule has 0 spiro atoms. The lowest BCUT2D eigenvalue weighted by Crippen LogP contribution is -2.52. The zero-order valence-corrected chi connectivity index (χ0v) is 20.6. The Balaban J connectivity index is 1.23. The second-order valence-corrected chi connectivity index (χ2v) is 9.28. The highest BCUT2D eigenvalue weighted by Crippen LogP contribution is 2.20. The quantitative estimate of drug-likeness (QED) is 0.435. The predicted octanol–water partition coefficient (Wildman–Crippen LogP) is 3.91. The first-order valence-corrected chi connectivity index (χ1v) is 12.4. The molecular weight excluding hydrogens is 450 g/mol. The average molecular weight is 482 g/mol. The Morgan fingerprint density at radius 2 is 1.78 bits per heavy atom. The number of amides is 2. The van der Waals surface area contributed by atoms with Gasteiger partial charge in [0.25, 0.3) is 5.91 Å². The number of benzene rings is 2. The fraction of sp³-hybridized carbons (Fsp3) is 0.276. The van der Waals surface area contributed by atoms with Crippen LogP contribution in [0.3, 0.4) is 0 Å². The van der Waals surface area contributed by atoms with Crippen molar-refractivity contribution in [1.82, 2.24) is 19.8 Å². The van der Waals surface area contributed by atoms with Crippen LogP contribution < -0.4 is 4.90 Å². The van der Waals surface area contributed by atoms with Crippen molar-refractivity contribution in [2.24, 2.45) is 0 Å². The maximum absolute atomic E-state index is 13.6. The van der Waals surface area contributed by atoms with Gasteiger partial charge < -0.3 is 9.88 Å². The van der Waals surface area contributed by atoms with Crippen molar-refractivity contribution in [3.8, 4) is 0 Å². The monoisotopic (exact) mass is 481 g/mol. The number of fused-ring (bicyclic) bond motifs is 1. The van der Waals surface area contributed by atoms with Gasteiger partial charge in [0.05, 0.1) is 0 Å². The number of aryl methyl sites for hydroxylation is 1. The second kappa shape index (κ2) is 10.7. The number of anilines is 1. The Labute approximate surface area is 211 Å². The number of nitrogens with zero attached hydrogens (tertiary/aromatic N) is 4. The van der Waals surface area contributed by atoms with Gasteiger partial charge in [-0.3, -0.25) is 24.4 Å². The van der Waals surface area contributed by atoms with Gasteiger partial charge in [0, 0.05) is 67.6 Å². The third-order valence-electron chi connectivity index (χ3n) is 6.81. The lowest BCUT2D eigenvalue weighted by Gasteiger charge is -2.36. The summed E-state index contributed by atoms with van der Waals surface area (Å²) in [6.45, 7) is 5.98. The van der Waals surface area contributed by atoms with E-state index in [-0.39, 0.29) is 18.4 Å². The minimum absolute atomic E-state index is 0.0158. The number of carbonyl (C=O) groups excluding carboxylic acids is 2. The Hall–Kier alpha value is -3.97. The number of hydrogen-bond donors (Lipinski definition) is 1. The van der Waals surface area contributed by atoms with Crippen molar-refractivity contribution in [3.05, 3.63) is 95.9 Å². The smallest absolute Gasteiger partial charge is 0.258 e. The average Bonchev–Trinajstić information content (AvgIpc) is 3.39.